The van der Waals surface area contributed by atoms with Crippen LogP contribution in [0.25, 0.3) is 10.9 Å². The summed E-state index contributed by atoms with van der Waals surface area (Å²) in [5.41, 5.74) is 1.49. The number of hydrogen-bond acceptors (Lipinski definition) is 3. The number of hydrogen-bond donors (Lipinski definition) is 1. The van der Waals surface area contributed by atoms with Crippen LogP contribution in [-0.4, -0.2) is 9.97 Å². The topological polar surface area (TPSA) is 45.8 Å². The van der Waals surface area contributed by atoms with E-state index in [1.54, 1.807) is 23.9 Å². The quantitative estimate of drug-likeness (QED) is 0.802. The second-order valence-electron chi connectivity index (χ2n) is 4.65. The third-order valence-electron chi connectivity index (χ3n) is 3.06. The largest absolute Gasteiger partial charge is 0.309 e. The summed E-state index contributed by atoms with van der Waals surface area (Å²) in [5.74, 6) is 1.66. The van der Waals surface area contributed by atoms with Crippen LogP contribution in [0.2, 0.25) is 0 Å². The van der Waals surface area contributed by atoms with Gasteiger partial charge in [0.2, 0.25) is 0 Å². The molecular weight excluding hydrogens is 287 g/mol. The van der Waals surface area contributed by atoms with Gasteiger partial charge in [0, 0.05) is 5.75 Å². The first-order chi connectivity index (χ1) is 10.2. The Bertz CT molecular complexity index is 832. The molecule has 0 fully saturated rings. The third kappa shape index (κ3) is 3.31. The Morgan fingerprint density at radius 2 is 1.95 bits per heavy atom. The lowest BCUT2D eigenvalue weighted by molar-refractivity contribution is 0.626. The fourth-order valence-electron chi connectivity index (χ4n) is 2.10. The summed E-state index contributed by atoms with van der Waals surface area (Å²) in [6.45, 7) is 0. The zero-order chi connectivity index (χ0) is 14.7. The van der Waals surface area contributed by atoms with Gasteiger partial charge in [0.1, 0.15) is 11.6 Å². The molecule has 0 spiro atoms. The Labute approximate surface area is 125 Å². The van der Waals surface area contributed by atoms with E-state index in [0.29, 0.717) is 28.2 Å². The fraction of sp³-hybridized carbons (Fsp3) is 0.125. The molecule has 0 amide bonds. The van der Waals surface area contributed by atoms with Crippen molar-refractivity contribution in [1.29, 1.82) is 0 Å². The first kappa shape index (κ1) is 13.8. The lowest BCUT2D eigenvalue weighted by atomic mass is 10.2. The highest BCUT2D eigenvalue weighted by Crippen LogP contribution is 2.17. The van der Waals surface area contributed by atoms with Gasteiger partial charge in [-0.1, -0.05) is 24.3 Å². The number of aromatic amines is 1. The van der Waals surface area contributed by atoms with Gasteiger partial charge in [-0.2, -0.15) is 0 Å². The maximum absolute atomic E-state index is 13.1. The molecule has 106 valence electrons. The van der Waals surface area contributed by atoms with Crippen LogP contribution in [0.1, 0.15) is 11.4 Å². The number of halogens is 1. The van der Waals surface area contributed by atoms with Crippen LogP contribution in [0.5, 0.6) is 0 Å². The van der Waals surface area contributed by atoms with E-state index in [4.69, 9.17) is 0 Å². The van der Waals surface area contributed by atoms with E-state index in [-0.39, 0.29) is 11.4 Å². The lowest BCUT2D eigenvalue weighted by Crippen LogP contribution is -2.11. The Morgan fingerprint density at radius 3 is 2.81 bits per heavy atom. The van der Waals surface area contributed by atoms with Gasteiger partial charge in [-0.05, 0) is 29.8 Å². The van der Waals surface area contributed by atoms with Crippen molar-refractivity contribution in [3.05, 3.63) is 76.1 Å². The van der Waals surface area contributed by atoms with E-state index in [9.17, 15) is 9.18 Å². The average Bonchev–Trinajstić information content (AvgIpc) is 2.47. The molecule has 2 aromatic carbocycles. The second kappa shape index (κ2) is 6.10. The smallest absolute Gasteiger partial charge is 0.258 e. The molecule has 0 saturated heterocycles. The van der Waals surface area contributed by atoms with Crippen LogP contribution in [0.3, 0.4) is 0 Å². The summed E-state index contributed by atoms with van der Waals surface area (Å²) in [5, 5.41) is 0.594. The van der Waals surface area contributed by atoms with Gasteiger partial charge in [-0.3, -0.25) is 4.79 Å². The van der Waals surface area contributed by atoms with Crippen molar-refractivity contribution in [2.75, 3.05) is 0 Å². The molecule has 5 heteroatoms. The number of H-pyrrole nitrogens is 1. The van der Waals surface area contributed by atoms with Gasteiger partial charge >= 0.3 is 0 Å². The van der Waals surface area contributed by atoms with Crippen LogP contribution in [0.4, 0.5) is 4.39 Å². The summed E-state index contributed by atoms with van der Waals surface area (Å²) < 4.78 is 13.1. The Morgan fingerprint density at radius 1 is 1.10 bits per heavy atom. The second-order valence-corrected chi connectivity index (χ2v) is 5.64. The van der Waals surface area contributed by atoms with Crippen molar-refractivity contribution in [3.63, 3.8) is 0 Å². The number of thioether (sulfide) groups is 1. The van der Waals surface area contributed by atoms with Crippen LogP contribution in [0, 0.1) is 5.82 Å². The number of rotatable bonds is 4. The molecule has 0 unspecified atom stereocenters. The van der Waals surface area contributed by atoms with Gasteiger partial charge < -0.3 is 4.98 Å². The van der Waals surface area contributed by atoms with Crippen molar-refractivity contribution in [3.8, 4) is 0 Å². The molecule has 3 nitrogen and oxygen atoms in total. The van der Waals surface area contributed by atoms with Crippen molar-refractivity contribution < 1.29 is 4.39 Å². The predicted octanol–water partition coefficient (Wildman–Crippen LogP) is 3.50. The summed E-state index contributed by atoms with van der Waals surface area (Å²) in [6.07, 6.45) is 0. The number of benzene rings is 2. The fourth-order valence-corrected chi connectivity index (χ4v) is 2.94. The van der Waals surface area contributed by atoms with Crippen molar-refractivity contribution in [1.82, 2.24) is 9.97 Å². The molecule has 0 bridgehead atoms. The van der Waals surface area contributed by atoms with Gasteiger partial charge in [-0.15, -0.1) is 11.8 Å². The minimum absolute atomic E-state index is 0.123. The van der Waals surface area contributed by atoms with Crippen LogP contribution < -0.4 is 5.56 Å². The number of nitrogens with one attached hydrogen (secondary N) is 1. The molecule has 0 aliphatic rings. The number of aromatic nitrogens is 2. The van der Waals surface area contributed by atoms with E-state index < -0.39 is 0 Å². The number of fused-ring (bicyclic) bond motifs is 1. The molecule has 3 rings (SSSR count). The highest BCUT2D eigenvalue weighted by Gasteiger charge is 2.03. The van der Waals surface area contributed by atoms with E-state index in [1.807, 2.05) is 24.3 Å². The summed E-state index contributed by atoms with van der Waals surface area (Å²) >= 11 is 1.59. The number of para-hydroxylation sites is 1. The Hall–Kier alpha value is -2.14. The molecule has 3 aromatic rings. The number of nitrogens with zero attached hydrogens (tertiary/aromatic N) is 1. The summed E-state index contributed by atoms with van der Waals surface area (Å²) in [4.78, 5) is 19.1. The average molecular weight is 300 g/mol. The minimum Gasteiger partial charge on any atom is -0.309 e. The van der Waals surface area contributed by atoms with Crippen molar-refractivity contribution >= 4 is 22.7 Å². The SMILES string of the molecule is O=c1[nH]c(CSCc2cccc(F)c2)nc2ccccc12. The van der Waals surface area contributed by atoms with Gasteiger partial charge in [0.05, 0.1) is 16.7 Å². The zero-order valence-electron chi connectivity index (χ0n) is 11.2. The van der Waals surface area contributed by atoms with Gasteiger partial charge in [-0.25, -0.2) is 9.37 Å². The first-order valence-electron chi connectivity index (χ1n) is 6.52. The molecule has 1 aromatic heterocycles. The summed E-state index contributed by atoms with van der Waals surface area (Å²) in [6, 6.07) is 13.8. The van der Waals surface area contributed by atoms with Crippen molar-refractivity contribution in [2.24, 2.45) is 0 Å². The highest BCUT2D eigenvalue weighted by molar-refractivity contribution is 7.97. The third-order valence-corrected chi connectivity index (χ3v) is 4.07. The molecule has 0 aliphatic carbocycles. The van der Waals surface area contributed by atoms with Crippen LogP contribution >= 0.6 is 11.8 Å². The summed E-state index contributed by atoms with van der Waals surface area (Å²) in [7, 11) is 0. The maximum Gasteiger partial charge on any atom is 0.258 e. The lowest BCUT2D eigenvalue weighted by Gasteiger charge is -2.04. The van der Waals surface area contributed by atoms with E-state index >= 15 is 0 Å². The van der Waals surface area contributed by atoms with E-state index in [2.05, 4.69) is 9.97 Å². The molecule has 0 radical (unpaired) electrons. The molecule has 0 aliphatic heterocycles. The monoisotopic (exact) mass is 300 g/mol. The van der Waals surface area contributed by atoms with Gasteiger partial charge in [0.25, 0.3) is 5.56 Å². The van der Waals surface area contributed by atoms with E-state index in [0.717, 1.165) is 5.56 Å². The highest BCUT2D eigenvalue weighted by atomic mass is 32.2. The first-order valence-corrected chi connectivity index (χ1v) is 7.68. The van der Waals surface area contributed by atoms with E-state index in [1.165, 1.54) is 12.1 Å². The molecule has 0 saturated carbocycles. The molecule has 1 N–H and O–H groups in total. The van der Waals surface area contributed by atoms with Crippen LogP contribution in [0.15, 0.2) is 53.3 Å². The normalized spacial score (nSPS) is 10.9. The standard InChI is InChI=1S/C16H13FN2OS/c17-12-5-3-4-11(8-12)9-21-10-15-18-14-7-2-1-6-13(14)16(20)19-15/h1-8H,9-10H2,(H,18,19,20). The molecule has 1 heterocycles. The minimum atomic E-state index is -0.231. The Kier molecular flexibility index (Phi) is 4.01. The maximum atomic E-state index is 13.1. The van der Waals surface area contributed by atoms with Crippen molar-refractivity contribution in [2.45, 2.75) is 11.5 Å². The molecule has 21 heavy (non-hydrogen) atoms. The Balaban J connectivity index is 1.72. The molecule has 0 atom stereocenters. The van der Waals surface area contributed by atoms with Crippen LogP contribution in [-0.2, 0) is 11.5 Å². The zero-order valence-corrected chi connectivity index (χ0v) is 12.0. The predicted molar refractivity (Wildman–Crippen MR) is 83.8 cm³/mol. The van der Waals surface area contributed by atoms with Gasteiger partial charge in [0.15, 0.2) is 0 Å². The molecular formula is C16H13FN2OS.